The Morgan fingerprint density at radius 1 is 1.21 bits per heavy atom. The zero-order valence-corrected chi connectivity index (χ0v) is 10.9. The molecule has 2 aromatic rings. The van der Waals surface area contributed by atoms with Crippen molar-refractivity contribution in [3.63, 3.8) is 0 Å². The summed E-state index contributed by atoms with van der Waals surface area (Å²) in [5.74, 6) is 2.13. The van der Waals surface area contributed by atoms with Gasteiger partial charge in [-0.05, 0) is 12.1 Å². The fourth-order valence-electron chi connectivity index (χ4n) is 1.68. The van der Waals surface area contributed by atoms with Crippen LogP contribution in [-0.2, 0) is 6.42 Å². The third-order valence-electron chi connectivity index (χ3n) is 2.56. The summed E-state index contributed by atoms with van der Waals surface area (Å²) < 4.78 is 20.9. The van der Waals surface area contributed by atoms with Crippen molar-refractivity contribution >= 4 is 5.88 Å². The quantitative estimate of drug-likeness (QED) is 0.858. The molecule has 19 heavy (non-hydrogen) atoms. The SMILES string of the molecule is COc1cccc(OCCc2cc(N)on2)c1OC. The van der Waals surface area contributed by atoms with Crippen molar-refractivity contribution in [2.24, 2.45) is 0 Å². The van der Waals surface area contributed by atoms with E-state index in [-0.39, 0.29) is 0 Å². The molecule has 0 atom stereocenters. The molecule has 1 aromatic carbocycles. The predicted octanol–water partition coefficient (Wildman–Crippen LogP) is 1.90. The first-order chi connectivity index (χ1) is 9.24. The molecule has 2 rings (SSSR count). The van der Waals surface area contributed by atoms with Gasteiger partial charge in [0.05, 0.1) is 26.5 Å². The summed E-state index contributed by atoms with van der Waals surface area (Å²) in [6.45, 7) is 0.440. The average Bonchev–Trinajstić information content (AvgIpc) is 2.84. The maximum atomic E-state index is 5.66. The van der Waals surface area contributed by atoms with Gasteiger partial charge >= 0.3 is 0 Å². The van der Waals surface area contributed by atoms with Gasteiger partial charge in [0.25, 0.3) is 0 Å². The van der Waals surface area contributed by atoms with Gasteiger partial charge in [-0.15, -0.1) is 0 Å². The molecule has 0 aliphatic rings. The van der Waals surface area contributed by atoms with Crippen molar-refractivity contribution in [1.82, 2.24) is 5.16 Å². The Morgan fingerprint density at radius 3 is 2.63 bits per heavy atom. The van der Waals surface area contributed by atoms with Crippen LogP contribution in [0.1, 0.15) is 5.69 Å². The summed E-state index contributed by atoms with van der Waals surface area (Å²) in [4.78, 5) is 0. The van der Waals surface area contributed by atoms with Crippen LogP contribution in [-0.4, -0.2) is 26.0 Å². The first-order valence-corrected chi connectivity index (χ1v) is 5.79. The molecule has 0 amide bonds. The minimum Gasteiger partial charge on any atom is -0.493 e. The van der Waals surface area contributed by atoms with E-state index < -0.39 is 0 Å². The maximum Gasteiger partial charge on any atom is 0.222 e. The van der Waals surface area contributed by atoms with Gasteiger partial charge in [-0.2, -0.15) is 0 Å². The summed E-state index contributed by atoms with van der Waals surface area (Å²) >= 11 is 0. The topological polar surface area (TPSA) is 79.7 Å². The number of rotatable bonds is 6. The molecule has 2 N–H and O–H groups in total. The fraction of sp³-hybridized carbons (Fsp3) is 0.308. The van der Waals surface area contributed by atoms with Crippen LogP contribution in [0.4, 0.5) is 5.88 Å². The number of benzene rings is 1. The van der Waals surface area contributed by atoms with Crippen molar-refractivity contribution in [2.45, 2.75) is 6.42 Å². The lowest BCUT2D eigenvalue weighted by atomic mass is 10.3. The Morgan fingerprint density at radius 2 is 2.00 bits per heavy atom. The van der Waals surface area contributed by atoms with Crippen LogP contribution >= 0.6 is 0 Å². The number of aromatic nitrogens is 1. The van der Waals surface area contributed by atoms with E-state index in [2.05, 4.69) is 5.16 Å². The van der Waals surface area contributed by atoms with Gasteiger partial charge in [-0.25, -0.2) is 0 Å². The molecule has 1 heterocycles. The zero-order valence-electron chi connectivity index (χ0n) is 10.9. The summed E-state index contributed by atoms with van der Waals surface area (Å²) in [6.07, 6.45) is 0.598. The Bertz CT molecular complexity index is 539. The van der Waals surface area contributed by atoms with E-state index in [0.717, 1.165) is 5.69 Å². The lowest BCUT2D eigenvalue weighted by molar-refractivity contribution is 0.284. The lowest BCUT2D eigenvalue weighted by Gasteiger charge is -2.12. The molecule has 0 spiro atoms. The number of nitrogens with two attached hydrogens (primary N) is 1. The van der Waals surface area contributed by atoms with Crippen LogP contribution in [0.15, 0.2) is 28.8 Å². The molecule has 0 radical (unpaired) electrons. The second-order valence-electron chi connectivity index (χ2n) is 3.81. The van der Waals surface area contributed by atoms with Crippen LogP contribution in [0.5, 0.6) is 17.2 Å². The largest absolute Gasteiger partial charge is 0.493 e. The van der Waals surface area contributed by atoms with Crippen molar-refractivity contribution in [3.8, 4) is 17.2 Å². The molecular formula is C13H16N2O4. The lowest BCUT2D eigenvalue weighted by Crippen LogP contribution is -2.03. The number of hydrogen-bond donors (Lipinski definition) is 1. The monoisotopic (exact) mass is 264 g/mol. The number of ether oxygens (including phenoxy) is 3. The first-order valence-electron chi connectivity index (χ1n) is 5.79. The predicted molar refractivity (Wildman–Crippen MR) is 69.7 cm³/mol. The minimum absolute atomic E-state index is 0.300. The highest BCUT2D eigenvalue weighted by molar-refractivity contribution is 5.51. The number of nitrogens with zero attached hydrogens (tertiary/aromatic N) is 1. The molecule has 0 fully saturated rings. The third kappa shape index (κ3) is 3.09. The van der Waals surface area contributed by atoms with E-state index in [0.29, 0.717) is 36.2 Å². The summed E-state index contributed by atoms with van der Waals surface area (Å²) in [5.41, 5.74) is 6.19. The Labute approximate surface area is 111 Å². The summed E-state index contributed by atoms with van der Waals surface area (Å²) in [5, 5.41) is 3.79. The second-order valence-corrected chi connectivity index (χ2v) is 3.81. The Hall–Kier alpha value is -2.37. The van der Waals surface area contributed by atoms with Gasteiger partial charge < -0.3 is 24.5 Å². The number of nitrogen functional groups attached to an aromatic ring is 1. The number of hydrogen-bond acceptors (Lipinski definition) is 6. The highest BCUT2D eigenvalue weighted by Gasteiger charge is 2.10. The van der Waals surface area contributed by atoms with Gasteiger partial charge in [-0.1, -0.05) is 11.2 Å². The van der Waals surface area contributed by atoms with E-state index in [1.165, 1.54) is 0 Å². The van der Waals surface area contributed by atoms with E-state index in [1.54, 1.807) is 20.3 Å². The highest BCUT2D eigenvalue weighted by atomic mass is 16.5. The van der Waals surface area contributed by atoms with Crippen LogP contribution in [0.25, 0.3) is 0 Å². The maximum absolute atomic E-state index is 5.66. The van der Waals surface area contributed by atoms with E-state index in [9.17, 15) is 0 Å². The van der Waals surface area contributed by atoms with Gasteiger partial charge in [0, 0.05) is 12.5 Å². The Kier molecular flexibility index (Phi) is 4.12. The molecule has 1 aromatic heterocycles. The molecule has 0 bridgehead atoms. The van der Waals surface area contributed by atoms with Crippen LogP contribution in [0.3, 0.4) is 0 Å². The molecule has 6 heteroatoms. The van der Waals surface area contributed by atoms with E-state index in [4.69, 9.17) is 24.5 Å². The average molecular weight is 264 g/mol. The smallest absolute Gasteiger partial charge is 0.222 e. The van der Waals surface area contributed by atoms with E-state index >= 15 is 0 Å². The molecular weight excluding hydrogens is 248 g/mol. The normalized spacial score (nSPS) is 10.2. The standard InChI is InChI=1S/C13H16N2O4/c1-16-10-4-3-5-11(13(10)17-2)18-7-6-9-8-12(14)19-15-9/h3-5,8H,6-7,14H2,1-2H3. The molecule has 0 unspecified atom stereocenters. The third-order valence-corrected chi connectivity index (χ3v) is 2.56. The van der Waals surface area contributed by atoms with Gasteiger partial charge in [-0.3, -0.25) is 0 Å². The van der Waals surface area contributed by atoms with Crippen molar-refractivity contribution in [3.05, 3.63) is 30.0 Å². The van der Waals surface area contributed by atoms with Crippen LogP contribution in [0, 0.1) is 0 Å². The molecule has 102 valence electrons. The number of methoxy groups -OCH3 is 2. The molecule has 0 aliphatic heterocycles. The van der Waals surface area contributed by atoms with Crippen molar-refractivity contribution in [2.75, 3.05) is 26.6 Å². The number of anilines is 1. The number of para-hydroxylation sites is 1. The summed E-state index contributed by atoms with van der Waals surface area (Å²) in [6, 6.07) is 7.14. The van der Waals surface area contributed by atoms with E-state index in [1.807, 2.05) is 18.2 Å². The van der Waals surface area contributed by atoms with Gasteiger partial charge in [0.15, 0.2) is 11.5 Å². The Balaban J connectivity index is 1.99. The highest BCUT2D eigenvalue weighted by Crippen LogP contribution is 2.36. The van der Waals surface area contributed by atoms with Crippen LogP contribution < -0.4 is 19.9 Å². The minimum atomic E-state index is 0.300. The molecule has 0 aliphatic carbocycles. The summed E-state index contributed by atoms with van der Waals surface area (Å²) in [7, 11) is 3.16. The van der Waals surface area contributed by atoms with Gasteiger partial charge in [0.1, 0.15) is 0 Å². The first kappa shape index (κ1) is 13.1. The van der Waals surface area contributed by atoms with Crippen molar-refractivity contribution < 1.29 is 18.7 Å². The molecule has 0 saturated heterocycles. The zero-order chi connectivity index (χ0) is 13.7. The second kappa shape index (κ2) is 5.99. The van der Waals surface area contributed by atoms with Gasteiger partial charge in [0.2, 0.25) is 11.6 Å². The molecule has 0 saturated carbocycles. The van der Waals surface area contributed by atoms with Crippen LogP contribution in [0.2, 0.25) is 0 Å². The molecule has 6 nitrogen and oxygen atoms in total. The van der Waals surface area contributed by atoms with Crippen molar-refractivity contribution in [1.29, 1.82) is 0 Å². The fourth-order valence-corrected chi connectivity index (χ4v) is 1.68.